The number of aryl methyl sites for hydroxylation is 1. The molecule has 1 unspecified atom stereocenters. The lowest BCUT2D eigenvalue weighted by Gasteiger charge is -2.18. The van der Waals surface area contributed by atoms with Crippen molar-refractivity contribution in [2.75, 3.05) is 7.11 Å². The number of hydrogen-bond donors (Lipinski definition) is 0. The summed E-state index contributed by atoms with van der Waals surface area (Å²) in [6.07, 6.45) is 1.46. The molecule has 0 amide bonds. The first-order valence-electron chi connectivity index (χ1n) is 5.30. The fraction of sp³-hybridized carbons (Fsp3) is 0.462. The predicted molar refractivity (Wildman–Crippen MR) is 66.6 cm³/mol. The van der Waals surface area contributed by atoms with Gasteiger partial charge in [-0.1, -0.05) is 18.5 Å². The SMILES string of the molecule is COc1cc(C)c(C(C)CC=O)c(C)c1Cl. The number of hydrogen-bond acceptors (Lipinski definition) is 2. The van der Waals surface area contributed by atoms with Gasteiger partial charge in [0.1, 0.15) is 12.0 Å². The van der Waals surface area contributed by atoms with E-state index in [1.807, 2.05) is 26.8 Å². The van der Waals surface area contributed by atoms with Crippen molar-refractivity contribution < 1.29 is 9.53 Å². The Morgan fingerprint density at radius 1 is 1.50 bits per heavy atom. The van der Waals surface area contributed by atoms with Crippen LogP contribution in [0.3, 0.4) is 0 Å². The average Bonchev–Trinajstić information content (AvgIpc) is 2.24. The first kappa shape index (κ1) is 13.0. The zero-order chi connectivity index (χ0) is 12.3. The van der Waals surface area contributed by atoms with Gasteiger partial charge in [-0.15, -0.1) is 0 Å². The van der Waals surface area contributed by atoms with Crippen LogP contribution in [-0.2, 0) is 4.79 Å². The third-order valence-electron chi connectivity index (χ3n) is 2.88. The number of benzene rings is 1. The van der Waals surface area contributed by atoms with Crippen LogP contribution in [-0.4, -0.2) is 13.4 Å². The molecular weight excluding hydrogens is 224 g/mol. The molecule has 1 aromatic rings. The monoisotopic (exact) mass is 240 g/mol. The summed E-state index contributed by atoms with van der Waals surface area (Å²) >= 11 is 6.20. The summed E-state index contributed by atoms with van der Waals surface area (Å²) in [6, 6.07) is 1.92. The van der Waals surface area contributed by atoms with Crippen molar-refractivity contribution in [3.63, 3.8) is 0 Å². The van der Waals surface area contributed by atoms with E-state index in [1.54, 1.807) is 7.11 Å². The van der Waals surface area contributed by atoms with E-state index in [9.17, 15) is 4.79 Å². The Hall–Kier alpha value is -1.02. The molecule has 1 atom stereocenters. The van der Waals surface area contributed by atoms with Crippen molar-refractivity contribution in [3.8, 4) is 5.75 Å². The number of methoxy groups -OCH3 is 1. The van der Waals surface area contributed by atoms with E-state index in [2.05, 4.69) is 0 Å². The van der Waals surface area contributed by atoms with Crippen molar-refractivity contribution in [3.05, 3.63) is 27.8 Å². The van der Waals surface area contributed by atoms with Crippen LogP contribution in [0.25, 0.3) is 0 Å². The zero-order valence-corrected chi connectivity index (χ0v) is 10.9. The maximum Gasteiger partial charge on any atom is 0.138 e. The van der Waals surface area contributed by atoms with Crippen LogP contribution >= 0.6 is 11.6 Å². The number of carbonyl (C=O) groups is 1. The summed E-state index contributed by atoms with van der Waals surface area (Å²) < 4.78 is 5.20. The van der Waals surface area contributed by atoms with E-state index in [4.69, 9.17) is 16.3 Å². The smallest absolute Gasteiger partial charge is 0.138 e. The third-order valence-corrected chi connectivity index (χ3v) is 3.35. The molecule has 3 heteroatoms. The highest BCUT2D eigenvalue weighted by Gasteiger charge is 2.16. The Kier molecular flexibility index (Phi) is 4.36. The maximum absolute atomic E-state index is 10.6. The van der Waals surface area contributed by atoms with Crippen LogP contribution in [0.1, 0.15) is 36.0 Å². The van der Waals surface area contributed by atoms with Gasteiger partial charge in [0.2, 0.25) is 0 Å². The minimum absolute atomic E-state index is 0.195. The predicted octanol–water partition coefficient (Wildman–Crippen LogP) is 3.66. The van der Waals surface area contributed by atoms with E-state index in [1.165, 1.54) is 0 Å². The van der Waals surface area contributed by atoms with Gasteiger partial charge in [0.25, 0.3) is 0 Å². The highest BCUT2D eigenvalue weighted by atomic mass is 35.5. The molecule has 0 aliphatic carbocycles. The molecule has 2 nitrogen and oxygen atoms in total. The van der Waals surface area contributed by atoms with Gasteiger partial charge in [-0.2, -0.15) is 0 Å². The van der Waals surface area contributed by atoms with Gasteiger partial charge in [0.15, 0.2) is 0 Å². The van der Waals surface area contributed by atoms with Crippen molar-refractivity contribution in [2.24, 2.45) is 0 Å². The Balaban J connectivity index is 3.29. The van der Waals surface area contributed by atoms with Crippen LogP contribution in [0.4, 0.5) is 0 Å². The quantitative estimate of drug-likeness (QED) is 0.751. The Bertz CT molecular complexity index is 399. The van der Waals surface area contributed by atoms with Crippen LogP contribution in [0.15, 0.2) is 6.07 Å². The molecule has 88 valence electrons. The number of ether oxygens (including phenoxy) is 1. The molecular formula is C13H17ClO2. The average molecular weight is 241 g/mol. The summed E-state index contributed by atoms with van der Waals surface area (Å²) in [7, 11) is 1.61. The standard InChI is InChI=1S/C13H17ClO2/c1-8(5-6-15)12-9(2)7-11(16-4)13(14)10(12)3/h6-8H,5H2,1-4H3. The molecule has 0 fully saturated rings. The lowest BCUT2D eigenvalue weighted by Crippen LogP contribution is -2.02. The van der Waals surface area contributed by atoms with Crippen molar-refractivity contribution in [1.82, 2.24) is 0 Å². The molecule has 0 N–H and O–H groups in total. The fourth-order valence-electron chi connectivity index (χ4n) is 2.11. The molecule has 0 spiro atoms. The largest absolute Gasteiger partial charge is 0.495 e. The zero-order valence-electron chi connectivity index (χ0n) is 10.1. The Labute approximate surface area is 102 Å². The maximum atomic E-state index is 10.6. The molecule has 0 saturated heterocycles. The number of carbonyl (C=O) groups excluding carboxylic acids is 1. The van der Waals surface area contributed by atoms with E-state index < -0.39 is 0 Å². The molecule has 0 aliphatic rings. The molecule has 0 aromatic heterocycles. The normalized spacial score (nSPS) is 12.3. The van der Waals surface area contributed by atoms with Gasteiger partial charge in [0.05, 0.1) is 12.1 Å². The van der Waals surface area contributed by atoms with Crippen molar-refractivity contribution in [2.45, 2.75) is 33.1 Å². The first-order valence-corrected chi connectivity index (χ1v) is 5.67. The number of aldehydes is 1. The van der Waals surface area contributed by atoms with Crippen LogP contribution in [0.2, 0.25) is 5.02 Å². The molecule has 1 aromatic carbocycles. The lowest BCUT2D eigenvalue weighted by molar-refractivity contribution is -0.108. The van der Waals surface area contributed by atoms with E-state index in [-0.39, 0.29) is 5.92 Å². The van der Waals surface area contributed by atoms with E-state index >= 15 is 0 Å². The molecule has 0 radical (unpaired) electrons. The van der Waals surface area contributed by atoms with Gasteiger partial charge in [-0.05, 0) is 42.5 Å². The van der Waals surface area contributed by atoms with E-state index in [0.29, 0.717) is 17.2 Å². The van der Waals surface area contributed by atoms with Gasteiger partial charge < -0.3 is 9.53 Å². The summed E-state index contributed by atoms with van der Waals surface area (Å²) in [5.41, 5.74) is 3.28. The number of rotatable bonds is 4. The Morgan fingerprint density at radius 2 is 2.12 bits per heavy atom. The van der Waals surface area contributed by atoms with Crippen molar-refractivity contribution >= 4 is 17.9 Å². The minimum Gasteiger partial charge on any atom is -0.495 e. The topological polar surface area (TPSA) is 26.3 Å². The molecule has 0 saturated carbocycles. The van der Waals surface area contributed by atoms with Crippen LogP contribution in [0.5, 0.6) is 5.75 Å². The highest BCUT2D eigenvalue weighted by Crippen LogP contribution is 2.36. The van der Waals surface area contributed by atoms with Gasteiger partial charge in [-0.25, -0.2) is 0 Å². The summed E-state index contributed by atoms with van der Waals surface area (Å²) in [6.45, 7) is 6.02. The second kappa shape index (κ2) is 5.35. The van der Waals surface area contributed by atoms with Gasteiger partial charge in [0, 0.05) is 6.42 Å². The van der Waals surface area contributed by atoms with Crippen LogP contribution in [0, 0.1) is 13.8 Å². The summed E-state index contributed by atoms with van der Waals surface area (Å²) in [4.78, 5) is 10.6. The molecule has 16 heavy (non-hydrogen) atoms. The number of halogens is 1. The van der Waals surface area contributed by atoms with E-state index in [0.717, 1.165) is 23.0 Å². The lowest BCUT2D eigenvalue weighted by atomic mass is 9.90. The molecule has 0 heterocycles. The molecule has 0 aliphatic heterocycles. The highest BCUT2D eigenvalue weighted by molar-refractivity contribution is 6.33. The summed E-state index contributed by atoms with van der Waals surface area (Å²) in [5.74, 6) is 0.889. The second-order valence-electron chi connectivity index (χ2n) is 4.05. The second-order valence-corrected chi connectivity index (χ2v) is 4.43. The third kappa shape index (κ3) is 2.38. The van der Waals surface area contributed by atoms with Crippen molar-refractivity contribution in [1.29, 1.82) is 0 Å². The van der Waals surface area contributed by atoms with Gasteiger partial charge in [-0.3, -0.25) is 0 Å². The fourth-order valence-corrected chi connectivity index (χ4v) is 2.34. The first-order chi connectivity index (χ1) is 7.52. The minimum atomic E-state index is 0.195. The van der Waals surface area contributed by atoms with Crippen LogP contribution < -0.4 is 4.74 Å². The molecule has 1 rings (SSSR count). The Morgan fingerprint density at radius 3 is 2.62 bits per heavy atom. The summed E-state index contributed by atoms with van der Waals surface area (Å²) in [5, 5.41) is 0.640. The molecule has 0 bridgehead atoms. The van der Waals surface area contributed by atoms with Gasteiger partial charge >= 0.3 is 0 Å².